The van der Waals surface area contributed by atoms with Gasteiger partial charge < -0.3 is 14.5 Å². The Balaban J connectivity index is 1.65. The highest BCUT2D eigenvalue weighted by Gasteiger charge is 2.23. The summed E-state index contributed by atoms with van der Waals surface area (Å²) in [6.07, 6.45) is 8.13. The summed E-state index contributed by atoms with van der Waals surface area (Å²) in [7, 11) is 1.61. The van der Waals surface area contributed by atoms with Gasteiger partial charge >= 0.3 is 0 Å². The second kappa shape index (κ2) is 8.75. The van der Waals surface area contributed by atoms with Crippen molar-refractivity contribution in [3.05, 3.63) is 88.2 Å². The average Bonchev–Trinajstić information content (AvgIpc) is 3.14. The molecule has 4 aromatic rings. The number of carbonyl (C=O) groups excluding carboxylic acids is 2. The van der Waals surface area contributed by atoms with Gasteiger partial charge in [-0.05, 0) is 23.8 Å². The van der Waals surface area contributed by atoms with Gasteiger partial charge in [0.25, 0.3) is 11.7 Å². The Morgan fingerprint density at radius 3 is 2.45 bits per heavy atom. The zero-order chi connectivity index (χ0) is 22.0. The molecule has 0 spiro atoms. The fourth-order valence-corrected chi connectivity index (χ4v) is 3.67. The highest BCUT2D eigenvalue weighted by molar-refractivity contribution is 6.49. The van der Waals surface area contributed by atoms with E-state index >= 15 is 0 Å². The molecule has 0 saturated carbocycles. The molecule has 0 fully saturated rings. The minimum Gasteiger partial charge on any atom is -0.497 e. The number of pyridine rings is 1. The van der Waals surface area contributed by atoms with Gasteiger partial charge in [0.1, 0.15) is 5.75 Å². The normalized spacial score (nSPS) is 10.8. The lowest BCUT2D eigenvalue weighted by molar-refractivity contribution is -0.112. The fourth-order valence-electron chi connectivity index (χ4n) is 3.22. The van der Waals surface area contributed by atoms with Gasteiger partial charge in [0.2, 0.25) is 0 Å². The maximum Gasteiger partial charge on any atom is 0.296 e. The van der Waals surface area contributed by atoms with Gasteiger partial charge in [0.05, 0.1) is 40.1 Å². The van der Waals surface area contributed by atoms with Crippen LogP contribution >= 0.6 is 23.2 Å². The summed E-state index contributed by atoms with van der Waals surface area (Å²) in [5, 5.41) is 2.75. The molecular formula is C22H16Cl2N4O3. The Morgan fingerprint density at radius 1 is 1.06 bits per heavy atom. The molecule has 7 nitrogen and oxygen atoms in total. The van der Waals surface area contributed by atoms with Crippen molar-refractivity contribution in [1.82, 2.24) is 14.4 Å². The van der Waals surface area contributed by atoms with Crippen molar-refractivity contribution >= 4 is 46.1 Å². The van der Waals surface area contributed by atoms with Gasteiger partial charge in [-0.3, -0.25) is 19.6 Å². The molecule has 1 amide bonds. The third kappa shape index (κ3) is 4.23. The number of benzene rings is 1. The van der Waals surface area contributed by atoms with Crippen molar-refractivity contribution in [2.24, 2.45) is 0 Å². The van der Waals surface area contributed by atoms with E-state index in [1.807, 2.05) is 28.7 Å². The molecule has 9 heteroatoms. The van der Waals surface area contributed by atoms with Gasteiger partial charge in [-0.2, -0.15) is 0 Å². The number of nitrogens with zero attached hydrogens (tertiary/aromatic N) is 3. The Labute approximate surface area is 187 Å². The molecule has 0 saturated heterocycles. The molecule has 0 bridgehead atoms. The smallest absolute Gasteiger partial charge is 0.296 e. The van der Waals surface area contributed by atoms with Crippen molar-refractivity contribution in [3.8, 4) is 5.75 Å². The van der Waals surface area contributed by atoms with Gasteiger partial charge in [0.15, 0.2) is 0 Å². The molecular weight excluding hydrogens is 439 g/mol. The van der Waals surface area contributed by atoms with Crippen LogP contribution in [0.5, 0.6) is 5.75 Å². The topological polar surface area (TPSA) is 85.6 Å². The van der Waals surface area contributed by atoms with Crippen molar-refractivity contribution in [3.63, 3.8) is 0 Å². The van der Waals surface area contributed by atoms with Gasteiger partial charge in [0, 0.05) is 36.9 Å². The number of anilines is 1. The average molecular weight is 455 g/mol. The van der Waals surface area contributed by atoms with Crippen LogP contribution < -0.4 is 10.1 Å². The molecule has 4 rings (SSSR count). The lowest BCUT2D eigenvalue weighted by Crippen LogP contribution is -2.23. The number of nitrogens with one attached hydrogen (secondary N) is 1. The third-order valence-electron chi connectivity index (χ3n) is 4.74. The van der Waals surface area contributed by atoms with Gasteiger partial charge in [-0.15, -0.1) is 0 Å². The highest BCUT2D eigenvalue weighted by atomic mass is 35.5. The molecule has 0 radical (unpaired) electrons. The molecule has 31 heavy (non-hydrogen) atoms. The van der Waals surface area contributed by atoms with E-state index in [0.717, 1.165) is 17.0 Å². The van der Waals surface area contributed by atoms with Crippen LogP contribution in [0, 0.1) is 0 Å². The van der Waals surface area contributed by atoms with E-state index in [1.165, 1.54) is 12.4 Å². The van der Waals surface area contributed by atoms with Gasteiger partial charge in [-0.25, -0.2) is 0 Å². The number of hydrogen-bond donors (Lipinski definition) is 1. The van der Waals surface area contributed by atoms with Crippen molar-refractivity contribution in [2.45, 2.75) is 6.42 Å². The Kier molecular flexibility index (Phi) is 5.88. The summed E-state index contributed by atoms with van der Waals surface area (Å²) < 4.78 is 7.03. The largest absolute Gasteiger partial charge is 0.497 e. The molecule has 3 heterocycles. The van der Waals surface area contributed by atoms with Gasteiger partial charge in [-0.1, -0.05) is 35.3 Å². The summed E-state index contributed by atoms with van der Waals surface area (Å²) in [6, 6.07) is 9.32. The number of aromatic nitrogens is 3. The first kappa shape index (κ1) is 20.8. The maximum atomic E-state index is 13.0. The number of hydrogen-bond acceptors (Lipinski definition) is 5. The minimum absolute atomic E-state index is 0.136. The van der Waals surface area contributed by atoms with Crippen LogP contribution in [0.3, 0.4) is 0 Å². The Bertz CT molecular complexity index is 1270. The maximum absolute atomic E-state index is 13.0. The van der Waals surface area contributed by atoms with E-state index in [0.29, 0.717) is 11.9 Å². The van der Waals surface area contributed by atoms with E-state index < -0.39 is 11.7 Å². The van der Waals surface area contributed by atoms with Crippen LogP contribution in [0.25, 0.3) is 5.52 Å². The molecule has 0 unspecified atom stereocenters. The number of ether oxygens (including phenoxy) is 1. The predicted molar refractivity (Wildman–Crippen MR) is 118 cm³/mol. The lowest BCUT2D eigenvalue weighted by Gasteiger charge is -2.07. The molecule has 0 aliphatic rings. The molecule has 0 atom stereocenters. The van der Waals surface area contributed by atoms with Crippen LogP contribution in [0.4, 0.5) is 5.69 Å². The number of fused-ring (bicyclic) bond motifs is 1. The number of amides is 1. The molecule has 0 aliphatic heterocycles. The summed E-state index contributed by atoms with van der Waals surface area (Å²) in [5.41, 5.74) is 2.75. The number of carbonyl (C=O) groups is 2. The minimum atomic E-state index is -0.859. The second-order valence-corrected chi connectivity index (χ2v) is 7.48. The van der Waals surface area contributed by atoms with Crippen LogP contribution in [-0.2, 0) is 11.2 Å². The lowest BCUT2D eigenvalue weighted by atomic mass is 10.1. The monoisotopic (exact) mass is 454 g/mol. The molecule has 156 valence electrons. The van der Waals surface area contributed by atoms with E-state index in [9.17, 15) is 9.59 Å². The Hall–Kier alpha value is -3.42. The fraction of sp³-hybridized carbons (Fsp3) is 0.0909. The number of ketones is 1. The number of halogens is 2. The van der Waals surface area contributed by atoms with E-state index in [-0.39, 0.29) is 21.3 Å². The first-order chi connectivity index (χ1) is 15.0. The number of Topliss-reactive ketones (excluding diaryl/α,β-unsaturated/α-hetero) is 1. The first-order valence-electron chi connectivity index (χ1n) is 9.19. The van der Waals surface area contributed by atoms with Crippen LogP contribution in [0.1, 0.15) is 21.6 Å². The standard InChI is InChI=1S/C22H16Cl2N4O3/c1-31-15-4-2-13(3-5-15)8-14-9-16(19-12-25-6-7-28(14)19)21(29)22(30)27-20-17(23)10-26-11-18(20)24/h2-7,9-12H,8H2,1H3,(H,26,27,30). The van der Waals surface area contributed by atoms with Crippen LogP contribution in [0.15, 0.2) is 61.3 Å². The zero-order valence-corrected chi connectivity index (χ0v) is 17.8. The van der Waals surface area contributed by atoms with Crippen LogP contribution in [0.2, 0.25) is 10.0 Å². The highest BCUT2D eigenvalue weighted by Crippen LogP contribution is 2.29. The van der Waals surface area contributed by atoms with Crippen molar-refractivity contribution < 1.29 is 14.3 Å². The van der Waals surface area contributed by atoms with E-state index in [4.69, 9.17) is 27.9 Å². The molecule has 1 N–H and O–H groups in total. The van der Waals surface area contributed by atoms with Crippen molar-refractivity contribution in [2.75, 3.05) is 12.4 Å². The van der Waals surface area contributed by atoms with Crippen LogP contribution in [-0.4, -0.2) is 33.2 Å². The third-order valence-corrected chi connectivity index (χ3v) is 5.31. The summed E-state index contributed by atoms with van der Waals surface area (Å²) in [6.45, 7) is 0. The predicted octanol–water partition coefficient (Wildman–Crippen LogP) is 4.46. The zero-order valence-electron chi connectivity index (χ0n) is 16.3. The summed E-state index contributed by atoms with van der Waals surface area (Å²) >= 11 is 12.1. The SMILES string of the molecule is COc1ccc(Cc2cc(C(=O)C(=O)Nc3c(Cl)cncc3Cl)c3cnccn23)cc1. The van der Waals surface area contributed by atoms with E-state index in [1.54, 1.807) is 31.8 Å². The van der Waals surface area contributed by atoms with E-state index in [2.05, 4.69) is 15.3 Å². The first-order valence-corrected chi connectivity index (χ1v) is 9.95. The molecule has 1 aromatic carbocycles. The quantitative estimate of drug-likeness (QED) is 0.343. The molecule has 3 aromatic heterocycles. The second-order valence-electron chi connectivity index (χ2n) is 6.67. The van der Waals surface area contributed by atoms with Crippen molar-refractivity contribution in [1.29, 1.82) is 0 Å². The number of methoxy groups -OCH3 is 1. The Morgan fingerprint density at radius 2 is 1.77 bits per heavy atom. The summed E-state index contributed by atoms with van der Waals surface area (Å²) in [5.74, 6) is -0.827. The summed E-state index contributed by atoms with van der Waals surface area (Å²) in [4.78, 5) is 33.5. The number of rotatable bonds is 6. The molecule has 0 aliphatic carbocycles.